The summed E-state index contributed by atoms with van der Waals surface area (Å²) >= 11 is 0. The van der Waals surface area contributed by atoms with Gasteiger partial charge in [-0.05, 0) is 70.8 Å². The number of aryl methyl sites for hydroxylation is 1. The number of phenolic OH excluding ortho intramolecular Hbond substituents is 2. The van der Waals surface area contributed by atoms with Crippen LogP contribution in [0.15, 0.2) is 34.3 Å². The number of carboxylic acid groups (broad SMARTS) is 2. The summed E-state index contributed by atoms with van der Waals surface area (Å²) in [6.07, 6.45) is 11.4. The molecule has 2 aliphatic heterocycles. The second-order valence-corrected chi connectivity index (χ2v) is 18.8. The van der Waals surface area contributed by atoms with E-state index in [-0.39, 0.29) is 52.5 Å². The summed E-state index contributed by atoms with van der Waals surface area (Å²) in [7, 11) is 0. The summed E-state index contributed by atoms with van der Waals surface area (Å²) < 4.78 is 2.50. The van der Waals surface area contributed by atoms with Crippen molar-refractivity contribution in [3.8, 4) is 11.5 Å². The second kappa shape index (κ2) is 21.4. The number of rotatable bonds is 10. The van der Waals surface area contributed by atoms with Gasteiger partial charge in [-0.15, -0.1) is 0 Å². The molecule has 2 aromatic carbocycles. The summed E-state index contributed by atoms with van der Waals surface area (Å²) in [6.45, 7) is 25.2. The number of benzene rings is 2. The maximum absolute atomic E-state index is 11.6. The number of guanidine groups is 1. The predicted molar refractivity (Wildman–Crippen MR) is 232 cm³/mol. The fourth-order valence-electron chi connectivity index (χ4n) is 7.58. The topological polar surface area (TPSA) is 158 Å². The van der Waals surface area contributed by atoms with Crippen molar-refractivity contribution in [1.82, 2.24) is 10.2 Å². The van der Waals surface area contributed by atoms with Gasteiger partial charge in [-0.3, -0.25) is 34.4 Å². The maximum atomic E-state index is 11.6. The number of nitrogens with one attached hydrogen (secondary N) is 1. The molecule has 1 aliphatic carbocycles. The van der Waals surface area contributed by atoms with E-state index in [0.29, 0.717) is 11.5 Å². The van der Waals surface area contributed by atoms with Gasteiger partial charge in [0.25, 0.3) is 0 Å². The molecule has 0 spiro atoms. The van der Waals surface area contributed by atoms with Crippen LogP contribution < -0.4 is 5.32 Å². The zero-order valence-electron chi connectivity index (χ0n) is 35.7. The number of carbonyl (C=O) groups is 2. The number of nitrogens with zero attached hydrogens (tertiary/aromatic N) is 4. The normalized spacial score (nSPS) is 18.7. The third-order valence-electron chi connectivity index (χ3n) is 10.9. The summed E-state index contributed by atoms with van der Waals surface area (Å²) in [5.41, 5.74) is 5.67. The second-order valence-electron chi connectivity index (χ2n) is 18.8. The van der Waals surface area contributed by atoms with Crippen molar-refractivity contribution in [1.29, 1.82) is 0 Å². The first-order valence-electron chi connectivity index (χ1n) is 20.5. The number of phenols is 2. The Balaban J connectivity index is 0.00000118. The van der Waals surface area contributed by atoms with Crippen LogP contribution in [-0.4, -0.2) is 105 Å². The predicted octanol–water partition coefficient (Wildman–Crippen LogP) is 8.02. The van der Waals surface area contributed by atoms with E-state index < -0.39 is 18.4 Å². The molecule has 325 valence electrons. The van der Waals surface area contributed by atoms with Crippen LogP contribution in [0.1, 0.15) is 154 Å². The molecule has 3 aliphatic rings. The van der Waals surface area contributed by atoms with Gasteiger partial charge in [-0.25, -0.2) is 0 Å². The first kappa shape index (κ1) is 50.2. The van der Waals surface area contributed by atoms with Crippen LogP contribution >= 0.6 is 0 Å². The largest absolute Gasteiger partial charge is 0.507 e. The maximum Gasteiger partial charge on any atom is 0.348 e. The molecule has 12 heteroatoms. The fraction of sp³-hybridized carbons (Fsp3) is 0.630. The number of aliphatic imine (C=N–C) groups is 2. The van der Waals surface area contributed by atoms with Crippen molar-refractivity contribution >= 4 is 30.3 Å². The minimum absolute atomic E-state index is 0. The molecule has 11 nitrogen and oxygen atoms in total. The molecule has 0 saturated heterocycles. The number of hydrogen-bond donors (Lipinski definition) is 5. The van der Waals surface area contributed by atoms with E-state index in [1.807, 2.05) is 12.4 Å². The molecule has 2 heterocycles. The van der Waals surface area contributed by atoms with Gasteiger partial charge in [0.2, 0.25) is 0 Å². The molecule has 2 unspecified atom stereocenters. The van der Waals surface area contributed by atoms with Gasteiger partial charge in [-0.1, -0.05) is 94.7 Å². The molecule has 0 bridgehead atoms. The summed E-state index contributed by atoms with van der Waals surface area (Å²) in [5, 5.41) is 42.0. The molecular formula is C46H72CoN5O6+. The molecule has 1 fully saturated rings. The minimum Gasteiger partial charge on any atom is -0.507 e. The summed E-state index contributed by atoms with van der Waals surface area (Å²) in [5.74, 6) is -0.646. The van der Waals surface area contributed by atoms with E-state index in [4.69, 9.17) is 20.2 Å². The molecular weight excluding hydrogens is 777 g/mol. The van der Waals surface area contributed by atoms with Crippen LogP contribution in [0.4, 0.5) is 0 Å². The number of aromatic hydroxyl groups is 2. The van der Waals surface area contributed by atoms with Gasteiger partial charge in [0.1, 0.15) is 17.9 Å². The van der Waals surface area contributed by atoms with Gasteiger partial charge < -0.3 is 20.4 Å². The Hall–Kier alpha value is -3.90. The average molecular weight is 850 g/mol. The van der Waals surface area contributed by atoms with Gasteiger partial charge >= 0.3 is 17.9 Å². The van der Waals surface area contributed by atoms with Crippen LogP contribution in [0.25, 0.3) is 0 Å². The third kappa shape index (κ3) is 14.1. The summed E-state index contributed by atoms with van der Waals surface area (Å²) in [6, 6.07) is 8.64. The van der Waals surface area contributed by atoms with E-state index in [1.54, 1.807) is 0 Å². The van der Waals surface area contributed by atoms with Gasteiger partial charge in [0, 0.05) is 58.7 Å². The van der Waals surface area contributed by atoms with Crippen molar-refractivity contribution < 1.29 is 51.4 Å². The van der Waals surface area contributed by atoms with Gasteiger partial charge in [0.05, 0.1) is 44.8 Å². The van der Waals surface area contributed by atoms with Crippen molar-refractivity contribution in [3.05, 3.63) is 57.6 Å². The van der Waals surface area contributed by atoms with E-state index in [1.165, 1.54) is 29.9 Å². The van der Waals surface area contributed by atoms with Gasteiger partial charge in [-0.2, -0.15) is 0 Å². The molecule has 5 rings (SSSR count). The number of hydrogen-bond acceptors (Lipinski definition) is 8. The SMILES string of the molecule is C.CC(C)(C)c1cc(C=NC2CCCCC2N=Cc2cc(C(C)(C)C)cc(C(C)(C)C)c2O)c(O)c(CCCN2CCC[N+]3=C2NCCC3)c1.O=C(O)CC(=O)O.[Co]. The molecule has 1 saturated carbocycles. The Kier molecular flexibility index (Phi) is 18.5. The quantitative estimate of drug-likeness (QED) is 0.0914. The monoisotopic (exact) mass is 849 g/mol. The van der Waals surface area contributed by atoms with Gasteiger partial charge in [0.15, 0.2) is 0 Å². The standard InChI is InChI=1S/C42H63N5O2.C3H4O4.CH4.Co/c1-40(2,3)32-23-29(15-12-19-46-21-14-22-47-20-13-18-43-39(46)47)37(48)30(24-32)27-44-35-16-10-11-17-36(35)45-28-31-25-33(41(4,5)6)26-34(38(31)49)42(7,8)9;4-2(5)1-3(6)7;;/h23-28,35-36H,10-22H2,1-9H3,(H2,44,45,48,49);1H2,(H,4,5)(H,6,7);1H4;/p+1. The van der Waals surface area contributed by atoms with Crippen molar-refractivity contribution in [3.63, 3.8) is 0 Å². The average Bonchev–Trinajstić information content (AvgIpc) is 3.10. The van der Waals surface area contributed by atoms with Crippen LogP contribution in [0.3, 0.4) is 0 Å². The fourth-order valence-corrected chi connectivity index (χ4v) is 7.58. The smallest absolute Gasteiger partial charge is 0.348 e. The summed E-state index contributed by atoms with van der Waals surface area (Å²) in [4.78, 5) is 31.6. The Morgan fingerprint density at radius 1 is 0.776 bits per heavy atom. The Bertz CT molecular complexity index is 1790. The molecule has 0 amide bonds. The van der Waals surface area contributed by atoms with E-state index in [0.717, 1.165) is 93.5 Å². The molecule has 58 heavy (non-hydrogen) atoms. The first-order valence-corrected chi connectivity index (χ1v) is 20.5. The zero-order chi connectivity index (χ0) is 41.4. The van der Waals surface area contributed by atoms with E-state index in [9.17, 15) is 19.8 Å². The number of carboxylic acids is 2. The molecule has 2 aromatic rings. The van der Waals surface area contributed by atoms with Crippen LogP contribution in [0.5, 0.6) is 11.5 Å². The molecule has 1 radical (unpaired) electrons. The van der Waals surface area contributed by atoms with E-state index in [2.05, 4.69) is 101 Å². The minimum atomic E-state index is -1.31. The zero-order valence-corrected chi connectivity index (χ0v) is 36.8. The van der Waals surface area contributed by atoms with Crippen LogP contribution in [0.2, 0.25) is 0 Å². The number of aliphatic carboxylic acids is 2. The van der Waals surface area contributed by atoms with Crippen molar-refractivity contribution in [2.45, 2.75) is 156 Å². The molecule has 5 N–H and O–H groups in total. The first-order chi connectivity index (χ1) is 26.1. The van der Waals surface area contributed by atoms with Crippen molar-refractivity contribution in [2.24, 2.45) is 9.98 Å². The van der Waals surface area contributed by atoms with Crippen LogP contribution in [-0.2, 0) is 49.0 Å². The third-order valence-corrected chi connectivity index (χ3v) is 10.9. The Morgan fingerprint density at radius 3 is 1.79 bits per heavy atom. The van der Waals surface area contributed by atoms with E-state index >= 15 is 0 Å². The van der Waals surface area contributed by atoms with Crippen LogP contribution in [0, 0.1) is 0 Å². The molecule has 0 aromatic heterocycles. The Morgan fingerprint density at radius 2 is 1.29 bits per heavy atom. The Labute approximate surface area is 358 Å². The molecule has 2 atom stereocenters. The van der Waals surface area contributed by atoms with Crippen molar-refractivity contribution in [2.75, 3.05) is 32.7 Å².